The maximum Gasteiger partial charge on any atom is 0.240 e. The fourth-order valence-corrected chi connectivity index (χ4v) is 3.67. The molecule has 1 amide bonds. The van der Waals surface area contributed by atoms with E-state index in [9.17, 15) is 13.2 Å². The molecule has 0 bridgehead atoms. The lowest BCUT2D eigenvalue weighted by Crippen LogP contribution is -2.32. The highest BCUT2D eigenvalue weighted by Crippen LogP contribution is 2.18. The molecule has 8 heteroatoms. The molecule has 0 radical (unpaired) electrons. The van der Waals surface area contributed by atoms with Crippen LogP contribution in [0.1, 0.15) is 31.9 Å². The van der Waals surface area contributed by atoms with Gasteiger partial charge in [-0.25, -0.2) is 13.1 Å². The molecule has 0 aliphatic heterocycles. The van der Waals surface area contributed by atoms with Crippen LogP contribution in [0.3, 0.4) is 0 Å². The molecule has 0 aromatic heterocycles. The van der Waals surface area contributed by atoms with Crippen molar-refractivity contribution in [3.63, 3.8) is 0 Å². The number of hydrogen-bond donors (Lipinski definition) is 2. The summed E-state index contributed by atoms with van der Waals surface area (Å²) in [5.41, 5.74) is 0.880. The molecule has 2 aromatic rings. The molecule has 146 valence electrons. The normalized spacial score (nSPS) is 12.4. The number of carbonyl (C=O) groups excluding carboxylic acids is 1. The van der Waals surface area contributed by atoms with E-state index in [4.69, 9.17) is 16.3 Å². The van der Waals surface area contributed by atoms with Gasteiger partial charge in [-0.15, -0.1) is 0 Å². The smallest absolute Gasteiger partial charge is 0.240 e. The van der Waals surface area contributed by atoms with Crippen LogP contribution in [0.2, 0.25) is 5.02 Å². The van der Waals surface area contributed by atoms with E-state index in [2.05, 4.69) is 10.0 Å². The lowest BCUT2D eigenvalue weighted by molar-refractivity contribution is -0.121. The van der Waals surface area contributed by atoms with Crippen molar-refractivity contribution in [2.45, 2.75) is 31.2 Å². The van der Waals surface area contributed by atoms with Crippen LogP contribution < -0.4 is 14.8 Å². The van der Waals surface area contributed by atoms with E-state index in [-0.39, 0.29) is 29.8 Å². The number of hydrogen-bond acceptors (Lipinski definition) is 4. The van der Waals surface area contributed by atoms with Gasteiger partial charge in [0.2, 0.25) is 15.9 Å². The van der Waals surface area contributed by atoms with Crippen LogP contribution >= 0.6 is 11.6 Å². The molecule has 0 saturated carbocycles. The molecule has 0 fully saturated rings. The monoisotopic (exact) mass is 410 g/mol. The Morgan fingerprint density at radius 2 is 1.89 bits per heavy atom. The summed E-state index contributed by atoms with van der Waals surface area (Å²) in [5.74, 6) is 0.350. The first-order valence-electron chi connectivity index (χ1n) is 8.59. The van der Waals surface area contributed by atoms with Gasteiger partial charge in [0.25, 0.3) is 0 Å². The van der Waals surface area contributed by atoms with Gasteiger partial charge >= 0.3 is 0 Å². The molecule has 2 rings (SSSR count). The highest BCUT2D eigenvalue weighted by molar-refractivity contribution is 7.89. The fraction of sp³-hybridized carbons (Fsp3) is 0.316. The van der Waals surface area contributed by atoms with Crippen LogP contribution in [-0.2, 0) is 14.8 Å². The van der Waals surface area contributed by atoms with E-state index >= 15 is 0 Å². The number of halogens is 1. The highest BCUT2D eigenvalue weighted by atomic mass is 35.5. The minimum Gasteiger partial charge on any atom is -0.494 e. The van der Waals surface area contributed by atoms with Crippen LogP contribution in [0.4, 0.5) is 0 Å². The van der Waals surface area contributed by atoms with Gasteiger partial charge in [-0.2, -0.15) is 0 Å². The Hall–Kier alpha value is -2.09. The Morgan fingerprint density at radius 3 is 2.52 bits per heavy atom. The highest BCUT2D eigenvalue weighted by Gasteiger charge is 2.15. The zero-order valence-corrected chi connectivity index (χ0v) is 16.8. The second-order valence-corrected chi connectivity index (χ2v) is 8.10. The SMILES string of the molecule is CCOc1ccc(S(=O)(=O)NCCC(=O)N[C@@H](C)c2cccc(Cl)c2)cc1. The average molecular weight is 411 g/mol. The van der Waals surface area contributed by atoms with Crippen LogP contribution in [0, 0.1) is 0 Å². The van der Waals surface area contributed by atoms with Crippen molar-refractivity contribution in [2.75, 3.05) is 13.2 Å². The topological polar surface area (TPSA) is 84.5 Å². The molecule has 0 heterocycles. The minimum absolute atomic E-state index is 0.00362. The number of sulfonamides is 1. The molecular weight excluding hydrogens is 388 g/mol. The van der Waals surface area contributed by atoms with Gasteiger partial charge < -0.3 is 10.1 Å². The molecule has 2 N–H and O–H groups in total. The summed E-state index contributed by atoms with van der Waals surface area (Å²) in [4.78, 5) is 12.2. The van der Waals surface area contributed by atoms with Gasteiger partial charge in [0.1, 0.15) is 5.75 Å². The Kier molecular flexibility index (Phi) is 7.65. The predicted octanol–water partition coefficient (Wildman–Crippen LogP) is 3.28. The summed E-state index contributed by atoms with van der Waals surface area (Å²) in [7, 11) is -3.68. The van der Waals surface area contributed by atoms with Crippen LogP contribution in [0.25, 0.3) is 0 Å². The van der Waals surface area contributed by atoms with Crippen molar-refractivity contribution in [1.82, 2.24) is 10.0 Å². The third-order valence-electron chi connectivity index (χ3n) is 3.82. The van der Waals surface area contributed by atoms with Crippen molar-refractivity contribution >= 4 is 27.5 Å². The summed E-state index contributed by atoms with van der Waals surface area (Å²) in [6.45, 7) is 4.20. The maximum absolute atomic E-state index is 12.3. The quantitative estimate of drug-likeness (QED) is 0.664. The molecule has 6 nitrogen and oxygen atoms in total. The molecule has 0 saturated heterocycles. The largest absolute Gasteiger partial charge is 0.494 e. The van der Waals surface area contributed by atoms with E-state index in [1.54, 1.807) is 24.3 Å². The zero-order chi connectivity index (χ0) is 19.9. The molecular formula is C19H23ClN2O4S. The lowest BCUT2D eigenvalue weighted by Gasteiger charge is -2.15. The summed E-state index contributed by atoms with van der Waals surface area (Å²) in [5, 5.41) is 3.42. The number of nitrogens with one attached hydrogen (secondary N) is 2. The van der Waals surface area contributed by atoms with Crippen molar-refractivity contribution < 1.29 is 17.9 Å². The molecule has 0 aliphatic rings. The van der Waals surface area contributed by atoms with Gasteiger partial charge in [-0.05, 0) is 55.8 Å². The van der Waals surface area contributed by atoms with Crippen molar-refractivity contribution in [3.8, 4) is 5.75 Å². The van der Waals surface area contributed by atoms with E-state index in [1.807, 2.05) is 26.0 Å². The third-order valence-corrected chi connectivity index (χ3v) is 5.53. The molecule has 0 spiro atoms. The van der Waals surface area contributed by atoms with Crippen LogP contribution in [-0.4, -0.2) is 27.5 Å². The number of rotatable bonds is 9. The van der Waals surface area contributed by atoms with Gasteiger partial charge in [-0.3, -0.25) is 4.79 Å². The van der Waals surface area contributed by atoms with Gasteiger partial charge in [0.05, 0.1) is 17.5 Å². The van der Waals surface area contributed by atoms with E-state index in [1.165, 1.54) is 12.1 Å². The molecule has 0 unspecified atom stereocenters. The van der Waals surface area contributed by atoms with Crippen LogP contribution in [0.15, 0.2) is 53.4 Å². The first-order valence-corrected chi connectivity index (χ1v) is 10.5. The Bertz CT molecular complexity index is 870. The van der Waals surface area contributed by atoms with Gasteiger partial charge in [0.15, 0.2) is 0 Å². The molecule has 1 atom stereocenters. The third kappa shape index (κ3) is 6.53. The van der Waals surface area contributed by atoms with Crippen molar-refractivity contribution in [1.29, 1.82) is 0 Å². The first kappa shape index (κ1) is 21.2. The average Bonchev–Trinajstić information content (AvgIpc) is 2.62. The number of amides is 1. The van der Waals surface area contributed by atoms with Crippen molar-refractivity contribution in [3.05, 3.63) is 59.1 Å². The second kappa shape index (κ2) is 9.73. The van der Waals surface area contributed by atoms with Crippen LogP contribution in [0.5, 0.6) is 5.75 Å². The summed E-state index contributed by atoms with van der Waals surface area (Å²) in [6.07, 6.45) is 0.0289. The Morgan fingerprint density at radius 1 is 1.19 bits per heavy atom. The molecule has 0 aliphatic carbocycles. The molecule has 2 aromatic carbocycles. The van der Waals surface area contributed by atoms with E-state index in [0.717, 1.165) is 5.56 Å². The number of ether oxygens (including phenoxy) is 1. The lowest BCUT2D eigenvalue weighted by atomic mass is 10.1. The zero-order valence-electron chi connectivity index (χ0n) is 15.2. The van der Waals surface area contributed by atoms with Gasteiger partial charge in [-0.1, -0.05) is 23.7 Å². The van der Waals surface area contributed by atoms with Crippen molar-refractivity contribution in [2.24, 2.45) is 0 Å². The molecule has 27 heavy (non-hydrogen) atoms. The summed E-state index contributed by atoms with van der Waals surface area (Å²) < 4.78 is 32.3. The summed E-state index contributed by atoms with van der Waals surface area (Å²) >= 11 is 5.95. The summed E-state index contributed by atoms with van der Waals surface area (Å²) in [6, 6.07) is 13.1. The number of carbonyl (C=O) groups is 1. The Balaban J connectivity index is 1.84. The Labute approximate surface area is 164 Å². The first-order chi connectivity index (χ1) is 12.8. The minimum atomic E-state index is -3.68. The van der Waals surface area contributed by atoms with Gasteiger partial charge in [0, 0.05) is 18.0 Å². The maximum atomic E-state index is 12.3. The fourth-order valence-electron chi connectivity index (χ4n) is 2.44. The second-order valence-electron chi connectivity index (χ2n) is 5.90. The number of benzene rings is 2. The van der Waals surface area contributed by atoms with E-state index < -0.39 is 10.0 Å². The van der Waals surface area contributed by atoms with E-state index in [0.29, 0.717) is 17.4 Å². The standard InChI is InChI=1S/C19H23ClN2O4S/c1-3-26-17-7-9-18(10-8-17)27(24,25)21-12-11-19(23)22-14(2)15-5-4-6-16(20)13-15/h4-10,13-14,21H,3,11-12H2,1-2H3,(H,22,23)/t14-/m0/s1. The predicted molar refractivity (Wildman–Crippen MR) is 105 cm³/mol.